The van der Waals surface area contributed by atoms with Gasteiger partial charge in [0.1, 0.15) is 11.2 Å². The van der Waals surface area contributed by atoms with Crippen LogP contribution < -0.4 is 0 Å². The molecule has 128 valence electrons. The summed E-state index contributed by atoms with van der Waals surface area (Å²) in [5, 5.41) is 4.04. The van der Waals surface area contributed by atoms with E-state index in [1.165, 1.54) is 11.5 Å². The molecule has 1 saturated heterocycles. The van der Waals surface area contributed by atoms with Gasteiger partial charge in [0, 0.05) is 30.4 Å². The lowest BCUT2D eigenvalue weighted by Crippen LogP contribution is -2.36. The van der Waals surface area contributed by atoms with Gasteiger partial charge in [0.2, 0.25) is 0 Å². The predicted molar refractivity (Wildman–Crippen MR) is 90.0 cm³/mol. The van der Waals surface area contributed by atoms with Gasteiger partial charge in [0.05, 0.1) is 18.9 Å². The van der Waals surface area contributed by atoms with Gasteiger partial charge in [-0.3, -0.25) is 4.79 Å². The van der Waals surface area contributed by atoms with Gasteiger partial charge in [-0.25, -0.2) is 9.97 Å². The Morgan fingerprint density at radius 1 is 1.46 bits per heavy atom. The smallest absolute Gasteiger partial charge is 0.267 e. The molecule has 1 fully saturated rings. The van der Waals surface area contributed by atoms with Crippen molar-refractivity contribution in [3.05, 3.63) is 34.4 Å². The molecule has 1 amide bonds. The lowest BCUT2D eigenvalue weighted by atomic mass is 10.0. The summed E-state index contributed by atoms with van der Waals surface area (Å²) in [6.45, 7) is 6.38. The van der Waals surface area contributed by atoms with Gasteiger partial charge in [-0.05, 0) is 37.4 Å². The third kappa shape index (κ3) is 3.93. The Hall–Kier alpha value is -1.93. The van der Waals surface area contributed by atoms with E-state index in [4.69, 9.17) is 4.74 Å². The minimum Gasteiger partial charge on any atom is -0.379 e. The fourth-order valence-corrected chi connectivity index (χ4v) is 3.57. The van der Waals surface area contributed by atoms with Crippen LogP contribution in [0.5, 0.6) is 0 Å². The first kappa shape index (κ1) is 16.9. The van der Waals surface area contributed by atoms with Crippen molar-refractivity contribution in [3.63, 3.8) is 0 Å². The van der Waals surface area contributed by atoms with E-state index >= 15 is 0 Å². The van der Waals surface area contributed by atoms with E-state index in [1.807, 2.05) is 24.8 Å². The minimum absolute atomic E-state index is 0.0104. The van der Waals surface area contributed by atoms with E-state index in [9.17, 15) is 4.79 Å². The fraction of sp³-hybridized carbons (Fsp3) is 0.562. The van der Waals surface area contributed by atoms with Crippen LogP contribution in [0.1, 0.15) is 33.7 Å². The first-order valence-electron chi connectivity index (χ1n) is 8.13. The van der Waals surface area contributed by atoms with Gasteiger partial charge in [-0.1, -0.05) is 11.4 Å². The van der Waals surface area contributed by atoms with Crippen molar-refractivity contribution in [2.45, 2.75) is 26.7 Å². The number of hydrogen-bond acceptors (Lipinski definition) is 7. The molecule has 7 nitrogen and oxygen atoms in total. The van der Waals surface area contributed by atoms with Crippen molar-refractivity contribution in [3.8, 4) is 0 Å². The standard InChI is InChI=1S/C16H21N5O2S/c1-3-14-15(24-20-19-14)16(22)21-4-5-23-9-12(8-21)7-13-6-11(2)17-10-18-13/h6,10,12H,3-5,7-9H2,1-2H3/t12-/m0/s1. The molecule has 0 unspecified atom stereocenters. The number of hydrogen-bond donors (Lipinski definition) is 0. The number of amides is 1. The lowest BCUT2D eigenvalue weighted by Gasteiger charge is -2.23. The number of aryl methyl sites for hydroxylation is 2. The molecule has 0 saturated carbocycles. The quantitative estimate of drug-likeness (QED) is 0.834. The zero-order chi connectivity index (χ0) is 16.9. The van der Waals surface area contributed by atoms with E-state index in [-0.39, 0.29) is 11.8 Å². The second-order valence-corrected chi connectivity index (χ2v) is 6.70. The SMILES string of the molecule is CCc1nnsc1C(=O)N1CCOC[C@@H](Cc2cc(C)ncn2)C1. The van der Waals surface area contributed by atoms with Crippen LogP contribution in [0.3, 0.4) is 0 Å². The molecule has 24 heavy (non-hydrogen) atoms. The summed E-state index contributed by atoms with van der Waals surface area (Å²) in [6.07, 6.45) is 3.07. The zero-order valence-corrected chi connectivity index (χ0v) is 14.8. The van der Waals surface area contributed by atoms with Gasteiger partial charge in [-0.15, -0.1) is 5.10 Å². The molecule has 1 aliphatic heterocycles. The van der Waals surface area contributed by atoms with Crippen LogP contribution in [0.2, 0.25) is 0 Å². The normalized spacial score (nSPS) is 18.4. The molecule has 0 radical (unpaired) electrons. The van der Waals surface area contributed by atoms with Crippen molar-refractivity contribution in [1.29, 1.82) is 0 Å². The Balaban J connectivity index is 1.71. The fourth-order valence-electron chi connectivity index (χ4n) is 2.85. The molecule has 8 heteroatoms. The van der Waals surface area contributed by atoms with Crippen LogP contribution in [-0.2, 0) is 17.6 Å². The molecule has 1 aliphatic rings. The average molecular weight is 347 g/mol. The lowest BCUT2D eigenvalue weighted by molar-refractivity contribution is 0.0741. The number of ether oxygens (including phenoxy) is 1. The maximum absolute atomic E-state index is 12.8. The molecule has 1 atom stereocenters. The molecule has 0 aliphatic carbocycles. The van der Waals surface area contributed by atoms with Crippen LogP contribution in [0.4, 0.5) is 0 Å². The van der Waals surface area contributed by atoms with Crippen LogP contribution in [0, 0.1) is 12.8 Å². The Bertz CT molecular complexity index is 705. The van der Waals surface area contributed by atoms with Gasteiger partial charge in [0.25, 0.3) is 5.91 Å². The van der Waals surface area contributed by atoms with Crippen LogP contribution >= 0.6 is 11.5 Å². The number of aromatic nitrogens is 4. The molecule has 2 aromatic rings. The van der Waals surface area contributed by atoms with E-state index in [0.29, 0.717) is 37.6 Å². The maximum Gasteiger partial charge on any atom is 0.267 e. The third-order valence-electron chi connectivity index (χ3n) is 4.07. The highest BCUT2D eigenvalue weighted by Crippen LogP contribution is 2.18. The monoisotopic (exact) mass is 347 g/mol. The van der Waals surface area contributed by atoms with Crippen LogP contribution in [0.25, 0.3) is 0 Å². The highest BCUT2D eigenvalue weighted by atomic mass is 32.1. The number of carbonyl (C=O) groups is 1. The average Bonchev–Trinajstić information content (AvgIpc) is 2.93. The van der Waals surface area contributed by atoms with Gasteiger partial charge in [0.15, 0.2) is 0 Å². The zero-order valence-electron chi connectivity index (χ0n) is 13.9. The molecular weight excluding hydrogens is 326 g/mol. The Kier molecular flexibility index (Phi) is 5.47. The maximum atomic E-state index is 12.8. The van der Waals surface area contributed by atoms with Gasteiger partial charge < -0.3 is 9.64 Å². The first-order chi connectivity index (χ1) is 11.7. The topological polar surface area (TPSA) is 81.1 Å². The summed E-state index contributed by atoms with van der Waals surface area (Å²) in [5.74, 6) is 0.230. The Labute approximate surface area is 145 Å². The van der Waals surface area contributed by atoms with E-state index in [2.05, 4.69) is 19.6 Å². The van der Waals surface area contributed by atoms with Crippen LogP contribution in [-0.4, -0.2) is 56.7 Å². The third-order valence-corrected chi connectivity index (χ3v) is 4.82. The minimum atomic E-state index is 0.0104. The highest BCUT2D eigenvalue weighted by molar-refractivity contribution is 7.08. The summed E-state index contributed by atoms with van der Waals surface area (Å²) >= 11 is 1.18. The van der Waals surface area contributed by atoms with Crippen LogP contribution in [0.15, 0.2) is 12.4 Å². The second kappa shape index (κ2) is 7.76. The van der Waals surface area contributed by atoms with Crippen molar-refractivity contribution < 1.29 is 9.53 Å². The van der Waals surface area contributed by atoms with Gasteiger partial charge >= 0.3 is 0 Å². The molecule has 3 rings (SSSR count). The predicted octanol–water partition coefficient (Wildman–Crippen LogP) is 1.53. The van der Waals surface area contributed by atoms with E-state index in [0.717, 1.165) is 23.5 Å². The molecule has 2 aromatic heterocycles. The number of nitrogens with zero attached hydrogens (tertiary/aromatic N) is 5. The summed E-state index contributed by atoms with van der Waals surface area (Å²) in [5.41, 5.74) is 2.71. The molecule has 3 heterocycles. The largest absolute Gasteiger partial charge is 0.379 e. The van der Waals surface area contributed by atoms with Crippen molar-refractivity contribution in [1.82, 2.24) is 24.5 Å². The number of rotatable bonds is 4. The molecule has 0 spiro atoms. The van der Waals surface area contributed by atoms with Crippen molar-refractivity contribution in [2.24, 2.45) is 5.92 Å². The summed E-state index contributed by atoms with van der Waals surface area (Å²) in [6, 6.07) is 1.99. The number of carbonyl (C=O) groups excluding carboxylic acids is 1. The molecule has 0 N–H and O–H groups in total. The van der Waals surface area contributed by atoms with E-state index in [1.54, 1.807) is 6.33 Å². The first-order valence-corrected chi connectivity index (χ1v) is 8.90. The summed E-state index contributed by atoms with van der Waals surface area (Å²) in [4.78, 5) is 23.8. The second-order valence-electron chi connectivity index (χ2n) is 5.95. The summed E-state index contributed by atoms with van der Waals surface area (Å²) < 4.78 is 9.62. The van der Waals surface area contributed by atoms with Crippen molar-refractivity contribution >= 4 is 17.4 Å². The molecular formula is C16H21N5O2S. The highest BCUT2D eigenvalue weighted by Gasteiger charge is 2.26. The van der Waals surface area contributed by atoms with Gasteiger partial charge in [-0.2, -0.15) is 0 Å². The van der Waals surface area contributed by atoms with E-state index < -0.39 is 0 Å². The Morgan fingerprint density at radius 2 is 2.33 bits per heavy atom. The molecule has 0 bridgehead atoms. The van der Waals surface area contributed by atoms with Crippen molar-refractivity contribution in [2.75, 3.05) is 26.3 Å². The summed E-state index contributed by atoms with van der Waals surface area (Å²) in [7, 11) is 0. The Morgan fingerprint density at radius 3 is 3.12 bits per heavy atom. The molecule has 0 aromatic carbocycles.